The summed E-state index contributed by atoms with van der Waals surface area (Å²) in [5, 5.41) is 23.4. The molecule has 0 saturated carbocycles. The van der Waals surface area contributed by atoms with Gasteiger partial charge in [-0.25, -0.2) is 9.59 Å². The van der Waals surface area contributed by atoms with E-state index in [1.807, 2.05) is 7.05 Å². The smallest absolute Gasteiger partial charge is 0.337 e. The van der Waals surface area contributed by atoms with E-state index in [2.05, 4.69) is 22.5 Å². The van der Waals surface area contributed by atoms with Crippen molar-refractivity contribution in [2.75, 3.05) is 26.7 Å². The number of carbonyl (C=O) groups is 2. The molecule has 0 spiro atoms. The molecule has 3 unspecified atom stereocenters. The average Bonchev–Trinajstić information content (AvgIpc) is 2.30. The van der Waals surface area contributed by atoms with Crippen LogP contribution >= 0.6 is 0 Å². The highest BCUT2D eigenvalue weighted by Gasteiger charge is 2.31. The van der Waals surface area contributed by atoms with Crippen LogP contribution in [-0.2, 0) is 4.79 Å². The molecule has 0 aliphatic carbocycles. The Morgan fingerprint density at radius 2 is 2.11 bits per heavy atom. The van der Waals surface area contributed by atoms with E-state index < -0.39 is 17.6 Å². The summed E-state index contributed by atoms with van der Waals surface area (Å²) in [5.74, 6) is -1.02. The highest BCUT2D eigenvalue weighted by Crippen LogP contribution is 2.15. The normalized spacial score (nSPS) is 27.4. The van der Waals surface area contributed by atoms with Crippen LogP contribution in [0, 0.1) is 5.92 Å². The van der Waals surface area contributed by atoms with E-state index in [0.29, 0.717) is 5.92 Å². The molecule has 1 fully saturated rings. The summed E-state index contributed by atoms with van der Waals surface area (Å²) in [4.78, 5) is 24.6. The average molecular weight is 273 g/mol. The van der Waals surface area contributed by atoms with Gasteiger partial charge in [0, 0.05) is 12.6 Å². The van der Waals surface area contributed by atoms with Crippen molar-refractivity contribution >= 4 is 12.0 Å². The molecule has 19 heavy (non-hydrogen) atoms. The third-order valence-corrected chi connectivity index (χ3v) is 3.48. The first kappa shape index (κ1) is 15.7. The molecule has 1 heterocycles. The van der Waals surface area contributed by atoms with Crippen LogP contribution in [0.1, 0.15) is 20.3 Å². The summed E-state index contributed by atoms with van der Waals surface area (Å²) in [6, 6.07) is -0.367. The van der Waals surface area contributed by atoms with Crippen LogP contribution in [0.25, 0.3) is 0 Å². The number of amides is 2. The highest BCUT2D eigenvalue weighted by atomic mass is 16.4. The molecule has 3 atom stereocenters. The van der Waals surface area contributed by atoms with E-state index in [1.54, 1.807) is 0 Å². The van der Waals surface area contributed by atoms with Crippen molar-refractivity contribution < 1.29 is 19.8 Å². The van der Waals surface area contributed by atoms with Gasteiger partial charge in [-0.2, -0.15) is 0 Å². The molecule has 1 saturated heterocycles. The summed E-state index contributed by atoms with van der Waals surface area (Å²) in [6.45, 7) is 4.72. The zero-order valence-corrected chi connectivity index (χ0v) is 11.6. The Kier molecular flexibility index (Phi) is 5.13. The van der Waals surface area contributed by atoms with E-state index in [4.69, 9.17) is 5.11 Å². The standard InChI is InChI=1S/C12H23N3O4/c1-8-6-15(3)5-4-9(8)14-11(18)13-7-12(2,19)10(16)17/h8-9,19H,4-7H2,1-3H3,(H,16,17)(H2,13,14,18). The van der Waals surface area contributed by atoms with Gasteiger partial charge in [0.05, 0.1) is 6.54 Å². The minimum atomic E-state index is -1.95. The lowest BCUT2D eigenvalue weighted by atomic mass is 9.94. The number of likely N-dealkylation sites (tertiary alicyclic amines) is 1. The first-order chi connectivity index (χ1) is 8.72. The van der Waals surface area contributed by atoms with Crippen molar-refractivity contribution in [1.29, 1.82) is 0 Å². The van der Waals surface area contributed by atoms with Crippen LogP contribution in [0.4, 0.5) is 4.79 Å². The van der Waals surface area contributed by atoms with Crippen LogP contribution < -0.4 is 10.6 Å². The third kappa shape index (κ3) is 4.68. The minimum absolute atomic E-state index is 0.0750. The number of aliphatic hydroxyl groups is 1. The van der Waals surface area contributed by atoms with Crippen LogP contribution in [0.15, 0.2) is 0 Å². The summed E-state index contributed by atoms with van der Waals surface area (Å²) in [6.07, 6.45) is 0.862. The number of nitrogens with one attached hydrogen (secondary N) is 2. The van der Waals surface area contributed by atoms with E-state index in [9.17, 15) is 14.7 Å². The maximum atomic E-state index is 11.7. The first-order valence-corrected chi connectivity index (χ1v) is 6.41. The molecule has 2 amide bonds. The molecular formula is C12H23N3O4. The largest absolute Gasteiger partial charge is 0.479 e. The van der Waals surface area contributed by atoms with Gasteiger partial charge in [0.1, 0.15) is 0 Å². The van der Waals surface area contributed by atoms with Crippen molar-refractivity contribution in [1.82, 2.24) is 15.5 Å². The molecule has 1 aliphatic heterocycles. The fourth-order valence-corrected chi connectivity index (χ4v) is 2.12. The molecule has 1 rings (SSSR count). The van der Waals surface area contributed by atoms with Gasteiger partial charge in [-0.3, -0.25) is 0 Å². The Labute approximate surface area is 113 Å². The van der Waals surface area contributed by atoms with Crippen LogP contribution in [0.3, 0.4) is 0 Å². The monoisotopic (exact) mass is 273 g/mol. The summed E-state index contributed by atoms with van der Waals surface area (Å²) in [7, 11) is 2.04. The molecule has 0 bridgehead atoms. The van der Waals surface area contributed by atoms with Gasteiger partial charge in [-0.15, -0.1) is 0 Å². The molecule has 110 valence electrons. The number of hydrogen-bond donors (Lipinski definition) is 4. The van der Waals surface area contributed by atoms with Gasteiger partial charge in [0.25, 0.3) is 0 Å². The SMILES string of the molecule is CC1CN(C)CCC1NC(=O)NCC(C)(O)C(=O)O. The molecule has 0 aromatic heterocycles. The van der Waals surface area contributed by atoms with E-state index in [1.165, 1.54) is 0 Å². The maximum Gasteiger partial charge on any atom is 0.337 e. The Morgan fingerprint density at radius 1 is 1.47 bits per heavy atom. The van der Waals surface area contributed by atoms with Crippen molar-refractivity contribution in [2.24, 2.45) is 5.92 Å². The number of carboxylic acids is 1. The van der Waals surface area contributed by atoms with Crippen LogP contribution in [0.5, 0.6) is 0 Å². The second-order valence-electron chi connectivity index (χ2n) is 5.54. The Morgan fingerprint density at radius 3 is 2.63 bits per heavy atom. The van der Waals surface area contributed by atoms with Crippen molar-refractivity contribution in [3.8, 4) is 0 Å². The lowest BCUT2D eigenvalue weighted by Crippen LogP contribution is -2.54. The van der Waals surface area contributed by atoms with Gasteiger partial charge in [-0.05, 0) is 32.9 Å². The number of piperidine rings is 1. The predicted octanol–water partition coefficient (Wildman–Crippen LogP) is -0.539. The fourth-order valence-electron chi connectivity index (χ4n) is 2.12. The van der Waals surface area contributed by atoms with E-state index in [0.717, 1.165) is 26.4 Å². The second-order valence-corrected chi connectivity index (χ2v) is 5.54. The minimum Gasteiger partial charge on any atom is -0.479 e. The molecule has 1 aliphatic rings. The molecule has 0 aromatic carbocycles. The number of nitrogens with zero attached hydrogens (tertiary/aromatic N) is 1. The lowest BCUT2D eigenvalue weighted by molar-refractivity contribution is -0.155. The molecule has 4 N–H and O–H groups in total. The highest BCUT2D eigenvalue weighted by molar-refractivity contribution is 5.79. The number of urea groups is 1. The van der Waals surface area contributed by atoms with Crippen molar-refractivity contribution in [2.45, 2.75) is 31.9 Å². The first-order valence-electron chi connectivity index (χ1n) is 6.41. The van der Waals surface area contributed by atoms with Gasteiger partial charge >= 0.3 is 12.0 Å². The third-order valence-electron chi connectivity index (χ3n) is 3.48. The number of rotatable bonds is 4. The Hall–Kier alpha value is -1.34. The summed E-state index contributed by atoms with van der Waals surface area (Å²) in [5.41, 5.74) is -1.95. The van der Waals surface area contributed by atoms with Gasteiger partial charge in [0.15, 0.2) is 5.60 Å². The number of aliphatic carboxylic acids is 1. The molecule has 7 nitrogen and oxygen atoms in total. The quantitative estimate of drug-likeness (QED) is 0.551. The van der Waals surface area contributed by atoms with Crippen molar-refractivity contribution in [3.05, 3.63) is 0 Å². The van der Waals surface area contributed by atoms with Gasteiger partial charge < -0.3 is 25.7 Å². The van der Waals surface area contributed by atoms with Crippen LogP contribution in [0.2, 0.25) is 0 Å². The fraction of sp³-hybridized carbons (Fsp3) is 0.833. The zero-order chi connectivity index (χ0) is 14.6. The van der Waals surface area contributed by atoms with Crippen LogP contribution in [-0.4, -0.2) is 65.4 Å². The Bertz CT molecular complexity index is 346. The van der Waals surface area contributed by atoms with E-state index in [-0.39, 0.29) is 12.6 Å². The predicted molar refractivity (Wildman–Crippen MR) is 69.9 cm³/mol. The number of carboxylic acid groups (broad SMARTS) is 1. The van der Waals surface area contributed by atoms with Gasteiger partial charge in [-0.1, -0.05) is 6.92 Å². The summed E-state index contributed by atoms with van der Waals surface area (Å²) >= 11 is 0. The van der Waals surface area contributed by atoms with E-state index >= 15 is 0 Å². The Balaban J connectivity index is 2.37. The summed E-state index contributed by atoms with van der Waals surface area (Å²) < 4.78 is 0. The van der Waals surface area contributed by atoms with Crippen molar-refractivity contribution in [3.63, 3.8) is 0 Å². The molecule has 0 radical (unpaired) electrons. The topological polar surface area (TPSA) is 102 Å². The van der Waals surface area contributed by atoms with Gasteiger partial charge in [0.2, 0.25) is 0 Å². The lowest BCUT2D eigenvalue weighted by Gasteiger charge is -2.35. The molecule has 7 heteroatoms. The second kappa shape index (κ2) is 6.21. The number of carbonyl (C=O) groups excluding carboxylic acids is 1. The molecular weight excluding hydrogens is 250 g/mol. The zero-order valence-electron chi connectivity index (χ0n) is 11.6. The molecule has 0 aromatic rings. The number of hydrogen-bond acceptors (Lipinski definition) is 4. The maximum absolute atomic E-state index is 11.7.